The van der Waals surface area contributed by atoms with E-state index in [1.807, 2.05) is 0 Å². The summed E-state index contributed by atoms with van der Waals surface area (Å²) >= 11 is 1.30. The molecule has 66 valence electrons. The Kier molecular flexibility index (Phi) is 2.80. The van der Waals surface area contributed by atoms with Crippen LogP contribution in [0.4, 0.5) is 0 Å². The summed E-state index contributed by atoms with van der Waals surface area (Å²) in [6, 6.07) is 0.591. The third kappa shape index (κ3) is 1.63. The first-order valence-corrected chi connectivity index (χ1v) is 4.20. The second-order valence-electron chi connectivity index (χ2n) is 2.27. The van der Waals surface area contributed by atoms with Gasteiger partial charge in [-0.3, -0.25) is 4.79 Å². The van der Waals surface area contributed by atoms with Crippen molar-refractivity contribution in [1.29, 1.82) is 0 Å². The zero-order valence-corrected chi connectivity index (χ0v) is 7.04. The number of hydrogen-bond acceptors (Lipinski definition) is 4. The molecule has 1 rings (SSSR count). The van der Waals surface area contributed by atoms with Crippen LogP contribution in [0.5, 0.6) is 0 Å². The summed E-state index contributed by atoms with van der Waals surface area (Å²) in [6.07, 6.45) is 0. The molecule has 0 aliphatic heterocycles. The molecule has 5 heteroatoms. The second-order valence-corrected chi connectivity index (χ2v) is 3.27. The predicted molar refractivity (Wildman–Crippen MR) is 44.8 cm³/mol. The van der Waals surface area contributed by atoms with Gasteiger partial charge in [0.05, 0.1) is 6.61 Å². The molecule has 0 aliphatic rings. The molecule has 0 saturated carbocycles. The number of rotatable bonds is 3. The minimum absolute atomic E-state index is 0.159. The van der Waals surface area contributed by atoms with Crippen LogP contribution in [0.3, 0.4) is 0 Å². The van der Waals surface area contributed by atoms with E-state index in [1.54, 1.807) is 11.4 Å². The average Bonchev–Trinajstić information content (AvgIpc) is 2.49. The lowest BCUT2D eigenvalue weighted by Crippen LogP contribution is -2.21. The van der Waals surface area contributed by atoms with Gasteiger partial charge in [-0.15, -0.1) is 11.3 Å². The van der Waals surface area contributed by atoms with Gasteiger partial charge in [-0.2, -0.15) is 0 Å². The lowest BCUT2D eigenvalue weighted by molar-refractivity contribution is -0.138. The fourth-order valence-corrected chi connectivity index (χ4v) is 1.67. The summed E-state index contributed by atoms with van der Waals surface area (Å²) in [6.45, 7) is -0.159. The quantitative estimate of drug-likeness (QED) is 0.636. The largest absolute Gasteiger partial charge is 0.480 e. The van der Waals surface area contributed by atoms with Crippen molar-refractivity contribution in [3.05, 3.63) is 21.9 Å². The molecular weight excluding hydrogens is 178 g/mol. The molecule has 0 fully saturated rings. The smallest absolute Gasteiger partial charge is 0.325 e. The molecular formula is C7H9NO3S. The van der Waals surface area contributed by atoms with Crippen LogP contribution >= 0.6 is 11.3 Å². The van der Waals surface area contributed by atoms with Gasteiger partial charge < -0.3 is 15.9 Å². The van der Waals surface area contributed by atoms with Crippen molar-refractivity contribution >= 4 is 17.3 Å². The predicted octanol–water partition coefficient (Wildman–Crippen LogP) is 0.325. The SMILES string of the molecule is N[C@@H](C(=O)O)c1ccsc1CO. The van der Waals surface area contributed by atoms with E-state index >= 15 is 0 Å². The Labute approximate surface area is 73.3 Å². The number of aliphatic hydroxyl groups is 1. The zero-order valence-electron chi connectivity index (χ0n) is 6.23. The molecule has 1 atom stereocenters. The highest BCUT2D eigenvalue weighted by molar-refractivity contribution is 7.10. The summed E-state index contributed by atoms with van der Waals surface area (Å²) in [7, 11) is 0. The highest BCUT2D eigenvalue weighted by Crippen LogP contribution is 2.22. The van der Waals surface area contributed by atoms with E-state index in [0.29, 0.717) is 10.4 Å². The van der Waals surface area contributed by atoms with Gasteiger partial charge >= 0.3 is 5.97 Å². The summed E-state index contributed by atoms with van der Waals surface area (Å²) in [5.74, 6) is -1.08. The Morgan fingerprint density at radius 1 is 1.75 bits per heavy atom. The minimum atomic E-state index is -1.08. The van der Waals surface area contributed by atoms with E-state index in [4.69, 9.17) is 15.9 Å². The molecule has 4 N–H and O–H groups in total. The van der Waals surface area contributed by atoms with Gasteiger partial charge in [0.1, 0.15) is 6.04 Å². The van der Waals surface area contributed by atoms with Crippen molar-refractivity contribution < 1.29 is 15.0 Å². The molecule has 0 aromatic carbocycles. The molecule has 1 aromatic heterocycles. The summed E-state index contributed by atoms with van der Waals surface area (Å²) in [5.41, 5.74) is 5.85. The molecule has 0 bridgehead atoms. The maximum Gasteiger partial charge on any atom is 0.325 e. The monoisotopic (exact) mass is 187 g/mol. The number of carboxylic acid groups (broad SMARTS) is 1. The van der Waals surface area contributed by atoms with Crippen LogP contribution in [0.1, 0.15) is 16.5 Å². The van der Waals surface area contributed by atoms with Gasteiger partial charge in [-0.25, -0.2) is 0 Å². The molecule has 0 radical (unpaired) electrons. The first-order chi connectivity index (χ1) is 5.66. The van der Waals surface area contributed by atoms with E-state index in [9.17, 15) is 4.79 Å². The Morgan fingerprint density at radius 3 is 2.92 bits per heavy atom. The summed E-state index contributed by atoms with van der Waals surface area (Å²) < 4.78 is 0. The van der Waals surface area contributed by atoms with Crippen LogP contribution in [0, 0.1) is 0 Å². The number of thiophene rings is 1. The number of nitrogens with two attached hydrogens (primary N) is 1. The maximum absolute atomic E-state index is 10.5. The van der Waals surface area contributed by atoms with Gasteiger partial charge in [-0.1, -0.05) is 0 Å². The van der Waals surface area contributed by atoms with Crippen LogP contribution < -0.4 is 5.73 Å². The third-order valence-electron chi connectivity index (χ3n) is 1.52. The van der Waals surface area contributed by atoms with Gasteiger partial charge in [0.15, 0.2) is 0 Å². The van der Waals surface area contributed by atoms with Crippen LogP contribution in [0.25, 0.3) is 0 Å². The topological polar surface area (TPSA) is 83.6 Å². The molecule has 0 unspecified atom stereocenters. The van der Waals surface area contributed by atoms with Gasteiger partial charge in [0.2, 0.25) is 0 Å². The molecule has 1 aromatic rings. The van der Waals surface area contributed by atoms with Crippen LogP contribution in [-0.4, -0.2) is 16.2 Å². The average molecular weight is 187 g/mol. The van der Waals surface area contributed by atoms with E-state index in [1.165, 1.54) is 11.3 Å². The molecule has 0 aliphatic carbocycles. The van der Waals surface area contributed by atoms with E-state index in [-0.39, 0.29) is 6.61 Å². The summed E-state index contributed by atoms with van der Waals surface area (Å²) in [4.78, 5) is 11.1. The minimum Gasteiger partial charge on any atom is -0.480 e. The highest BCUT2D eigenvalue weighted by Gasteiger charge is 2.18. The first-order valence-electron chi connectivity index (χ1n) is 3.32. The van der Waals surface area contributed by atoms with E-state index in [2.05, 4.69) is 0 Å². The van der Waals surface area contributed by atoms with Crippen molar-refractivity contribution in [3.8, 4) is 0 Å². The second kappa shape index (κ2) is 3.66. The van der Waals surface area contributed by atoms with Gasteiger partial charge in [0.25, 0.3) is 0 Å². The number of carbonyl (C=O) groups is 1. The molecule has 12 heavy (non-hydrogen) atoms. The van der Waals surface area contributed by atoms with E-state index < -0.39 is 12.0 Å². The fraction of sp³-hybridized carbons (Fsp3) is 0.286. The Morgan fingerprint density at radius 2 is 2.42 bits per heavy atom. The first kappa shape index (κ1) is 9.18. The lowest BCUT2D eigenvalue weighted by Gasteiger charge is -2.05. The fourth-order valence-electron chi connectivity index (χ4n) is 0.889. The summed E-state index contributed by atoms with van der Waals surface area (Å²) in [5, 5.41) is 19.1. The van der Waals surface area contributed by atoms with Crippen LogP contribution in [0.2, 0.25) is 0 Å². The van der Waals surface area contributed by atoms with Crippen molar-refractivity contribution in [2.45, 2.75) is 12.6 Å². The van der Waals surface area contributed by atoms with Gasteiger partial charge in [-0.05, 0) is 17.0 Å². The van der Waals surface area contributed by atoms with Gasteiger partial charge in [0, 0.05) is 4.88 Å². The number of aliphatic carboxylic acids is 1. The molecule has 4 nitrogen and oxygen atoms in total. The van der Waals surface area contributed by atoms with E-state index in [0.717, 1.165) is 0 Å². The number of aliphatic hydroxyl groups excluding tert-OH is 1. The zero-order chi connectivity index (χ0) is 9.14. The molecule has 0 saturated heterocycles. The number of hydrogen-bond donors (Lipinski definition) is 3. The van der Waals surface area contributed by atoms with Crippen molar-refractivity contribution in [2.24, 2.45) is 5.73 Å². The highest BCUT2D eigenvalue weighted by atomic mass is 32.1. The molecule has 0 amide bonds. The Hall–Kier alpha value is -0.910. The van der Waals surface area contributed by atoms with Crippen LogP contribution in [0.15, 0.2) is 11.4 Å². The standard InChI is InChI=1S/C7H9NO3S/c8-6(7(10)11)4-1-2-12-5(4)3-9/h1-2,6,9H,3,8H2,(H,10,11)/t6-/m1/s1. The van der Waals surface area contributed by atoms with Crippen molar-refractivity contribution in [2.75, 3.05) is 0 Å². The number of carboxylic acids is 1. The van der Waals surface area contributed by atoms with Crippen molar-refractivity contribution in [1.82, 2.24) is 0 Å². The van der Waals surface area contributed by atoms with Crippen LogP contribution in [-0.2, 0) is 11.4 Å². The normalized spacial score (nSPS) is 12.8. The molecule has 0 spiro atoms. The maximum atomic E-state index is 10.5. The Bertz CT molecular complexity index is 284. The third-order valence-corrected chi connectivity index (χ3v) is 2.45. The Balaban J connectivity index is 2.93. The molecule has 1 heterocycles. The lowest BCUT2D eigenvalue weighted by atomic mass is 10.1. The van der Waals surface area contributed by atoms with Crippen molar-refractivity contribution in [3.63, 3.8) is 0 Å².